The van der Waals surface area contributed by atoms with Crippen LogP contribution in [0, 0.1) is 0 Å². The van der Waals surface area contributed by atoms with Crippen LogP contribution in [0.3, 0.4) is 0 Å². The highest BCUT2D eigenvalue weighted by molar-refractivity contribution is 7.25. The summed E-state index contributed by atoms with van der Waals surface area (Å²) in [6, 6.07) is 53.9. The Balaban J connectivity index is 1.28. The van der Waals surface area contributed by atoms with E-state index in [4.69, 9.17) is 9.97 Å². The van der Waals surface area contributed by atoms with E-state index in [1.807, 2.05) is 54.1 Å². The van der Waals surface area contributed by atoms with Gasteiger partial charge >= 0.3 is 0 Å². The molecule has 0 saturated carbocycles. The van der Waals surface area contributed by atoms with Gasteiger partial charge in [-0.15, -0.1) is 11.3 Å². The summed E-state index contributed by atoms with van der Waals surface area (Å²) in [7, 11) is 0. The SMILES string of the molecule is c1ccc(-c2nc(-c3ccncc3)cc(-c3cc(-c4ccc5ccccc5c4)cc(-c4ccc5sc6ccccc6c5c4)c3)n2)cc1. The lowest BCUT2D eigenvalue weighted by Crippen LogP contribution is -1.96. The van der Waals surface area contributed by atoms with Crippen LogP contribution in [-0.2, 0) is 0 Å². The molecular formula is C43H27N3S. The van der Waals surface area contributed by atoms with Gasteiger partial charge in [0.05, 0.1) is 11.4 Å². The third kappa shape index (κ3) is 5.15. The van der Waals surface area contributed by atoms with Gasteiger partial charge in [0.1, 0.15) is 0 Å². The van der Waals surface area contributed by atoms with Crippen molar-refractivity contribution < 1.29 is 0 Å². The first kappa shape index (κ1) is 27.3. The third-order valence-corrected chi connectivity index (χ3v) is 9.91. The van der Waals surface area contributed by atoms with E-state index in [1.54, 1.807) is 0 Å². The fourth-order valence-electron chi connectivity index (χ4n) is 6.37. The summed E-state index contributed by atoms with van der Waals surface area (Å²) in [5.74, 6) is 0.693. The van der Waals surface area contributed by atoms with E-state index >= 15 is 0 Å². The second-order valence-corrected chi connectivity index (χ2v) is 12.8. The van der Waals surface area contributed by atoms with Crippen LogP contribution in [0.15, 0.2) is 164 Å². The molecule has 0 unspecified atom stereocenters. The summed E-state index contributed by atoms with van der Waals surface area (Å²) in [5.41, 5.74) is 9.38. The van der Waals surface area contributed by atoms with E-state index in [1.165, 1.54) is 42.1 Å². The average Bonchev–Trinajstić information content (AvgIpc) is 3.53. The lowest BCUT2D eigenvalue weighted by atomic mass is 9.93. The predicted octanol–water partition coefficient (Wildman–Crippen LogP) is 11.7. The molecule has 0 spiro atoms. The predicted molar refractivity (Wildman–Crippen MR) is 197 cm³/mol. The number of benzene rings is 6. The van der Waals surface area contributed by atoms with Crippen molar-refractivity contribution in [2.24, 2.45) is 0 Å². The number of nitrogens with zero attached hydrogens (tertiary/aromatic N) is 3. The molecule has 0 bridgehead atoms. The zero-order valence-corrected chi connectivity index (χ0v) is 26.2. The van der Waals surface area contributed by atoms with E-state index < -0.39 is 0 Å². The van der Waals surface area contributed by atoms with Crippen molar-refractivity contribution in [3.8, 4) is 56.2 Å². The lowest BCUT2D eigenvalue weighted by molar-refractivity contribution is 1.18. The van der Waals surface area contributed by atoms with Crippen LogP contribution in [0.5, 0.6) is 0 Å². The molecule has 0 fully saturated rings. The lowest BCUT2D eigenvalue weighted by Gasteiger charge is -2.14. The number of rotatable bonds is 5. The Labute approximate surface area is 276 Å². The molecule has 3 heterocycles. The van der Waals surface area contributed by atoms with E-state index in [0.29, 0.717) is 5.82 Å². The summed E-state index contributed by atoms with van der Waals surface area (Å²) >= 11 is 1.84. The van der Waals surface area contributed by atoms with Crippen LogP contribution in [0.25, 0.3) is 87.1 Å². The molecule has 0 aliphatic heterocycles. The molecule has 0 aliphatic rings. The molecule has 0 N–H and O–H groups in total. The van der Waals surface area contributed by atoms with Crippen LogP contribution in [-0.4, -0.2) is 15.0 Å². The molecule has 0 saturated heterocycles. The van der Waals surface area contributed by atoms with E-state index in [0.717, 1.165) is 39.2 Å². The van der Waals surface area contributed by atoms with Crippen molar-refractivity contribution in [2.75, 3.05) is 0 Å². The Morgan fingerprint density at radius 2 is 1.00 bits per heavy atom. The third-order valence-electron chi connectivity index (χ3n) is 8.76. The maximum Gasteiger partial charge on any atom is 0.160 e. The van der Waals surface area contributed by atoms with Crippen LogP contribution < -0.4 is 0 Å². The van der Waals surface area contributed by atoms with Crippen molar-refractivity contribution in [3.63, 3.8) is 0 Å². The molecule has 9 rings (SSSR count). The summed E-state index contributed by atoms with van der Waals surface area (Å²) in [4.78, 5) is 14.4. The average molecular weight is 618 g/mol. The first-order valence-electron chi connectivity index (χ1n) is 15.7. The Morgan fingerprint density at radius 1 is 0.362 bits per heavy atom. The van der Waals surface area contributed by atoms with Crippen molar-refractivity contribution in [1.82, 2.24) is 15.0 Å². The largest absolute Gasteiger partial charge is 0.265 e. The van der Waals surface area contributed by atoms with Crippen molar-refractivity contribution >= 4 is 42.3 Å². The Morgan fingerprint density at radius 3 is 1.83 bits per heavy atom. The molecule has 0 aliphatic carbocycles. The van der Waals surface area contributed by atoms with Crippen molar-refractivity contribution in [3.05, 3.63) is 164 Å². The molecule has 3 nitrogen and oxygen atoms in total. The maximum atomic E-state index is 5.18. The van der Waals surface area contributed by atoms with Gasteiger partial charge in [0.2, 0.25) is 0 Å². The van der Waals surface area contributed by atoms with Crippen molar-refractivity contribution in [1.29, 1.82) is 0 Å². The van der Waals surface area contributed by atoms with Crippen LogP contribution >= 0.6 is 11.3 Å². The van der Waals surface area contributed by atoms with Gasteiger partial charge in [0, 0.05) is 49.3 Å². The van der Waals surface area contributed by atoms with Crippen LogP contribution in [0.2, 0.25) is 0 Å². The van der Waals surface area contributed by atoms with E-state index in [-0.39, 0.29) is 0 Å². The second-order valence-electron chi connectivity index (χ2n) is 11.7. The van der Waals surface area contributed by atoms with Crippen LogP contribution in [0.4, 0.5) is 0 Å². The van der Waals surface area contributed by atoms with Gasteiger partial charge in [-0.05, 0) is 93.7 Å². The zero-order chi connectivity index (χ0) is 31.2. The van der Waals surface area contributed by atoms with E-state index in [9.17, 15) is 0 Å². The summed E-state index contributed by atoms with van der Waals surface area (Å²) < 4.78 is 2.61. The van der Waals surface area contributed by atoms with Crippen molar-refractivity contribution in [2.45, 2.75) is 0 Å². The van der Waals surface area contributed by atoms with Gasteiger partial charge < -0.3 is 0 Å². The molecule has 0 atom stereocenters. The monoisotopic (exact) mass is 617 g/mol. The van der Waals surface area contributed by atoms with Gasteiger partial charge in [0.25, 0.3) is 0 Å². The highest BCUT2D eigenvalue weighted by Crippen LogP contribution is 2.39. The van der Waals surface area contributed by atoms with E-state index in [2.05, 4.69) is 126 Å². The molecular weight excluding hydrogens is 591 g/mol. The minimum atomic E-state index is 0.693. The summed E-state index contributed by atoms with van der Waals surface area (Å²) in [6.07, 6.45) is 3.62. The smallest absolute Gasteiger partial charge is 0.160 e. The first-order chi connectivity index (χ1) is 23.2. The fourth-order valence-corrected chi connectivity index (χ4v) is 7.45. The Bertz CT molecular complexity index is 2510. The topological polar surface area (TPSA) is 38.7 Å². The van der Waals surface area contributed by atoms with Crippen LogP contribution in [0.1, 0.15) is 0 Å². The quantitative estimate of drug-likeness (QED) is 0.193. The molecule has 0 radical (unpaired) electrons. The second kappa shape index (κ2) is 11.4. The number of hydrogen-bond donors (Lipinski definition) is 0. The van der Waals surface area contributed by atoms with Gasteiger partial charge in [-0.2, -0.15) is 0 Å². The van der Waals surface area contributed by atoms with Gasteiger partial charge in [-0.1, -0.05) is 91.0 Å². The molecule has 4 heteroatoms. The number of aromatic nitrogens is 3. The molecule has 3 aromatic heterocycles. The zero-order valence-electron chi connectivity index (χ0n) is 25.3. The summed E-state index contributed by atoms with van der Waals surface area (Å²) in [5, 5.41) is 5.03. The minimum Gasteiger partial charge on any atom is -0.265 e. The maximum absolute atomic E-state index is 5.18. The molecule has 220 valence electrons. The normalized spacial score (nSPS) is 11.4. The highest BCUT2D eigenvalue weighted by atomic mass is 32.1. The van der Waals surface area contributed by atoms with Gasteiger partial charge in [-0.3, -0.25) is 4.98 Å². The molecule has 6 aromatic carbocycles. The summed E-state index contributed by atoms with van der Waals surface area (Å²) in [6.45, 7) is 0. The van der Waals surface area contributed by atoms with Gasteiger partial charge in [0.15, 0.2) is 5.82 Å². The number of fused-ring (bicyclic) bond motifs is 4. The molecule has 47 heavy (non-hydrogen) atoms. The molecule has 0 amide bonds. The Hall–Kier alpha value is -5.97. The Kier molecular flexibility index (Phi) is 6.65. The number of pyridine rings is 1. The number of thiophene rings is 1. The standard InChI is InChI=1S/C43H27N3S/c1-2-9-30(10-3-1)43-45-39(29-18-20-44-21-19-29)27-40(46-43)36-24-34(32-15-14-28-8-4-5-11-31(28)22-32)23-35(25-36)33-16-17-42-38(26-33)37-12-6-7-13-41(37)47-42/h1-27H. The fraction of sp³-hybridized carbons (Fsp3) is 0. The minimum absolute atomic E-state index is 0.693. The number of hydrogen-bond acceptors (Lipinski definition) is 4. The highest BCUT2D eigenvalue weighted by Gasteiger charge is 2.15. The first-order valence-corrected chi connectivity index (χ1v) is 16.5. The molecule has 9 aromatic rings. The van der Waals surface area contributed by atoms with Gasteiger partial charge in [-0.25, -0.2) is 9.97 Å².